The number of ether oxygens (including phenoxy) is 1. The number of carbonyl (C=O) groups excluding carboxylic acids is 1. The molecular formula is C33H47NO3. The Hall–Kier alpha value is -3.53. The van der Waals surface area contributed by atoms with Gasteiger partial charge in [-0.2, -0.15) is 0 Å². The van der Waals surface area contributed by atoms with E-state index < -0.39 is 0 Å². The Balaban J connectivity index is 0.000000987. The second kappa shape index (κ2) is 18.7. The lowest BCUT2D eigenvalue weighted by Crippen LogP contribution is -2.12. The van der Waals surface area contributed by atoms with Crippen LogP contribution in [0.4, 0.5) is 0 Å². The highest BCUT2D eigenvalue weighted by molar-refractivity contribution is 5.89. The summed E-state index contributed by atoms with van der Waals surface area (Å²) in [6, 6.07) is 13.2. The van der Waals surface area contributed by atoms with Gasteiger partial charge in [-0.1, -0.05) is 80.1 Å². The standard InChI is InChI=1S/C22H25NO3.C6H12.C5H10/c1-14(2)20(12-22(23)25)21-11-19(10-5-15(21)3)26-13-17-6-8-18(9-7-17)16(4)24;1-4-6(3)5-2;1-3-5-4-2/h5-11,24H,4,12-13H2,1-3H3,(H2,23,25);4H,5H2,1-3H3;3,5H,4H2,1-2H3/b;6-4+;5-3-. The van der Waals surface area contributed by atoms with Crippen LogP contribution in [0, 0.1) is 6.92 Å². The smallest absolute Gasteiger partial charge is 0.221 e. The van der Waals surface area contributed by atoms with Crippen molar-refractivity contribution in [3.8, 4) is 5.75 Å². The summed E-state index contributed by atoms with van der Waals surface area (Å²) in [7, 11) is 0. The van der Waals surface area contributed by atoms with Crippen molar-refractivity contribution >= 4 is 17.2 Å². The van der Waals surface area contributed by atoms with Gasteiger partial charge in [0.05, 0.1) is 6.42 Å². The molecule has 0 heterocycles. The highest BCUT2D eigenvalue weighted by Crippen LogP contribution is 2.29. The van der Waals surface area contributed by atoms with E-state index in [1.54, 1.807) is 12.1 Å². The molecule has 0 saturated carbocycles. The number of allylic oxidation sites excluding steroid dienone is 5. The summed E-state index contributed by atoms with van der Waals surface area (Å²) in [4.78, 5) is 11.4. The van der Waals surface area contributed by atoms with Crippen molar-refractivity contribution in [3.63, 3.8) is 0 Å². The Kier molecular flexibility index (Phi) is 16.9. The monoisotopic (exact) mass is 505 g/mol. The summed E-state index contributed by atoms with van der Waals surface area (Å²) in [6.07, 6.45) is 8.88. The third kappa shape index (κ3) is 14.0. The Morgan fingerprint density at radius 1 is 1.05 bits per heavy atom. The van der Waals surface area contributed by atoms with E-state index in [-0.39, 0.29) is 18.1 Å². The van der Waals surface area contributed by atoms with Crippen molar-refractivity contribution in [2.45, 2.75) is 81.3 Å². The maximum absolute atomic E-state index is 11.4. The molecule has 2 aromatic carbocycles. The number of hydrogen-bond acceptors (Lipinski definition) is 3. The molecule has 2 aromatic rings. The van der Waals surface area contributed by atoms with Crippen LogP contribution in [0.25, 0.3) is 11.3 Å². The third-order valence-electron chi connectivity index (χ3n) is 5.70. The first-order chi connectivity index (χ1) is 17.5. The van der Waals surface area contributed by atoms with Gasteiger partial charge in [-0.25, -0.2) is 0 Å². The minimum atomic E-state index is -0.350. The average Bonchev–Trinajstić information content (AvgIpc) is 2.87. The molecule has 202 valence electrons. The molecule has 0 radical (unpaired) electrons. The molecule has 0 aromatic heterocycles. The fourth-order valence-electron chi connectivity index (χ4n) is 3.13. The fourth-order valence-corrected chi connectivity index (χ4v) is 3.13. The topological polar surface area (TPSA) is 72.6 Å². The molecule has 3 N–H and O–H groups in total. The maximum Gasteiger partial charge on any atom is 0.221 e. The summed E-state index contributed by atoms with van der Waals surface area (Å²) in [5.41, 5.74) is 12.6. The van der Waals surface area contributed by atoms with Gasteiger partial charge in [0, 0.05) is 5.56 Å². The fraction of sp³-hybridized carbons (Fsp3) is 0.364. The molecule has 0 aliphatic rings. The Morgan fingerprint density at radius 3 is 2.05 bits per heavy atom. The summed E-state index contributed by atoms with van der Waals surface area (Å²) in [5.74, 6) is 0.422. The average molecular weight is 506 g/mol. The first kappa shape index (κ1) is 33.5. The second-order valence-corrected chi connectivity index (χ2v) is 9.00. The van der Waals surface area contributed by atoms with E-state index >= 15 is 0 Å². The molecule has 37 heavy (non-hydrogen) atoms. The number of rotatable bonds is 9. The van der Waals surface area contributed by atoms with Gasteiger partial charge in [0.2, 0.25) is 5.91 Å². The number of aryl methyl sites for hydroxylation is 1. The van der Waals surface area contributed by atoms with E-state index in [4.69, 9.17) is 10.5 Å². The number of benzene rings is 2. The summed E-state index contributed by atoms with van der Waals surface area (Å²) >= 11 is 0. The molecule has 0 bridgehead atoms. The summed E-state index contributed by atoms with van der Waals surface area (Å²) in [5, 5.41) is 9.38. The van der Waals surface area contributed by atoms with Crippen LogP contribution in [-0.4, -0.2) is 11.0 Å². The molecule has 4 nitrogen and oxygen atoms in total. The zero-order valence-electron chi connectivity index (χ0n) is 24.2. The molecule has 0 aliphatic carbocycles. The zero-order valence-corrected chi connectivity index (χ0v) is 24.2. The number of carbonyl (C=O) groups is 1. The predicted octanol–water partition coefficient (Wildman–Crippen LogP) is 9.11. The van der Waals surface area contributed by atoms with Gasteiger partial charge in [-0.05, 0) is 88.8 Å². The highest BCUT2D eigenvalue weighted by atomic mass is 16.5. The first-order valence-corrected chi connectivity index (χ1v) is 12.9. The van der Waals surface area contributed by atoms with Crippen molar-refractivity contribution < 1.29 is 14.6 Å². The lowest BCUT2D eigenvalue weighted by atomic mass is 9.94. The van der Waals surface area contributed by atoms with E-state index in [2.05, 4.69) is 52.5 Å². The molecule has 0 spiro atoms. The minimum Gasteiger partial charge on any atom is -0.508 e. The van der Waals surface area contributed by atoms with Gasteiger partial charge in [-0.15, -0.1) is 0 Å². The van der Waals surface area contributed by atoms with E-state index in [1.807, 2.05) is 58.0 Å². The van der Waals surface area contributed by atoms with Gasteiger partial charge < -0.3 is 15.6 Å². The van der Waals surface area contributed by atoms with Crippen LogP contribution in [-0.2, 0) is 11.4 Å². The van der Waals surface area contributed by atoms with Gasteiger partial charge in [-0.3, -0.25) is 4.79 Å². The Morgan fingerprint density at radius 2 is 1.68 bits per heavy atom. The highest BCUT2D eigenvalue weighted by Gasteiger charge is 2.11. The number of nitrogens with two attached hydrogens (primary N) is 1. The SMILES string of the molecule is C/C=C(\C)CC.C/C=C\CC.C=C(O)c1ccc(COc2ccc(C)c(C(CC(N)=O)=C(C)C)c2)cc1. The molecule has 1 amide bonds. The maximum atomic E-state index is 11.4. The van der Waals surface area contributed by atoms with E-state index in [0.29, 0.717) is 12.2 Å². The van der Waals surface area contributed by atoms with E-state index in [9.17, 15) is 9.90 Å². The van der Waals surface area contributed by atoms with Crippen molar-refractivity contribution in [2.75, 3.05) is 0 Å². The lowest BCUT2D eigenvalue weighted by molar-refractivity contribution is -0.117. The Bertz CT molecular complexity index is 1070. The predicted molar refractivity (Wildman–Crippen MR) is 161 cm³/mol. The van der Waals surface area contributed by atoms with Gasteiger partial charge >= 0.3 is 0 Å². The summed E-state index contributed by atoms with van der Waals surface area (Å²) < 4.78 is 5.90. The number of aliphatic hydroxyl groups is 1. The van der Waals surface area contributed by atoms with Gasteiger partial charge in [0.1, 0.15) is 18.1 Å². The van der Waals surface area contributed by atoms with Crippen molar-refractivity contribution in [2.24, 2.45) is 5.73 Å². The van der Waals surface area contributed by atoms with Crippen molar-refractivity contribution in [3.05, 3.63) is 101 Å². The van der Waals surface area contributed by atoms with Crippen molar-refractivity contribution in [1.82, 2.24) is 0 Å². The van der Waals surface area contributed by atoms with Crippen LogP contribution in [0.15, 0.2) is 78.4 Å². The largest absolute Gasteiger partial charge is 0.508 e. The van der Waals surface area contributed by atoms with E-state index in [0.717, 1.165) is 40.0 Å². The molecule has 0 fully saturated rings. The van der Waals surface area contributed by atoms with Crippen LogP contribution < -0.4 is 10.5 Å². The van der Waals surface area contributed by atoms with Crippen LogP contribution in [0.5, 0.6) is 5.75 Å². The van der Waals surface area contributed by atoms with Crippen LogP contribution in [0.1, 0.15) is 90.0 Å². The molecule has 0 aliphatic heterocycles. The first-order valence-electron chi connectivity index (χ1n) is 12.9. The molecule has 0 atom stereocenters. The summed E-state index contributed by atoms with van der Waals surface area (Å²) in [6.45, 7) is 20.4. The molecular weight excluding hydrogens is 458 g/mol. The van der Waals surface area contributed by atoms with Gasteiger partial charge in [0.15, 0.2) is 0 Å². The lowest BCUT2D eigenvalue weighted by Gasteiger charge is -2.14. The van der Waals surface area contributed by atoms with Crippen LogP contribution in [0.2, 0.25) is 0 Å². The molecule has 4 heteroatoms. The normalized spacial score (nSPS) is 10.5. The number of amides is 1. The number of primary amides is 1. The Labute approximate surface area is 225 Å². The number of aliphatic hydroxyl groups excluding tert-OH is 1. The van der Waals surface area contributed by atoms with E-state index in [1.165, 1.54) is 12.0 Å². The molecule has 0 saturated heterocycles. The molecule has 0 unspecified atom stereocenters. The van der Waals surface area contributed by atoms with Crippen LogP contribution >= 0.6 is 0 Å². The molecule has 2 rings (SSSR count). The zero-order chi connectivity index (χ0) is 28.4. The van der Waals surface area contributed by atoms with Crippen molar-refractivity contribution in [1.29, 1.82) is 0 Å². The van der Waals surface area contributed by atoms with Gasteiger partial charge in [0.25, 0.3) is 0 Å². The second-order valence-electron chi connectivity index (χ2n) is 9.00. The number of hydrogen-bond donors (Lipinski definition) is 2. The minimum absolute atomic E-state index is 0.0457. The third-order valence-corrected chi connectivity index (χ3v) is 5.70. The van der Waals surface area contributed by atoms with Crippen LogP contribution in [0.3, 0.4) is 0 Å². The quantitative estimate of drug-likeness (QED) is 0.264.